The summed E-state index contributed by atoms with van der Waals surface area (Å²) in [7, 11) is 3.43. The molecule has 1 aliphatic heterocycles. The highest BCUT2D eigenvalue weighted by Gasteiger charge is 2.34. The third-order valence-corrected chi connectivity index (χ3v) is 5.55. The minimum Gasteiger partial charge on any atom is -0.495 e. The number of nitrogens with zero attached hydrogens (tertiary/aromatic N) is 5. The van der Waals surface area contributed by atoms with E-state index < -0.39 is 0 Å². The molecule has 4 rings (SSSR count). The van der Waals surface area contributed by atoms with Crippen molar-refractivity contribution in [3.63, 3.8) is 0 Å². The van der Waals surface area contributed by atoms with Crippen LogP contribution >= 0.6 is 15.9 Å². The SMILES string of the molecule is COc1ccc(C)cc1NC(=O)C1CCCN1c1ncnc2c1c(Br)nn2C. The number of hydrogen-bond donors (Lipinski definition) is 1. The second-order valence-electron chi connectivity index (χ2n) is 6.85. The molecule has 0 aliphatic carbocycles. The number of carbonyl (C=O) groups excluding carboxylic acids is 1. The van der Waals surface area contributed by atoms with Gasteiger partial charge in [-0.05, 0) is 53.4 Å². The average molecular weight is 445 g/mol. The van der Waals surface area contributed by atoms with Crippen LogP contribution in [-0.4, -0.2) is 45.4 Å². The lowest BCUT2D eigenvalue weighted by atomic mass is 10.1. The van der Waals surface area contributed by atoms with Gasteiger partial charge < -0.3 is 15.0 Å². The number of benzene rings is 1. The zero-order valence-electron chi connectivity index (χ0n) is 15.9. The van der Waals surface area contributed by atoms with E-state index >= 15 is 0 Å². The Morgan fingerprint density at radius 2 is 2.18 bits per heavy atom. The van der Waals surface area contributed by atoms with Crippen molar-refractivity contribution in [2.75, 3.05) is 23.9 Å². The monoisotopic (exact) mass is 444 g/mol. The quantitative estimate of drug-likeness (QED) is 0.665. The Hall–Kier alpha value is -2.68. The number of hydrogen-bond acceptors (Lipinski definition) is 6. The summed E-state index contributed by atoms with van der Waals surface area (Å²) in [5, 5.41) is 8.23. The molecule has 0 bridgehead atoms. The standard InChI is InChI=1S/C19H21BrN6O2/c1-11-6-7-14(28-3)12(9-11)23-19(27)13-5-4-8-26(13)18-15-16(20)24-25(2)17(15)21-10-22-18/h6-7,9-10,13H,4-5,8H2,1-3H3,(H,23,27). The minimum absolute atomic E-state index is 0.0758. The van der Waals surface area contributed by atoms with E-state index in [9.17, 15) is 4.79 Å². The van der Waals surface area contributed by atoms with E-state index in [-0.39, 0.29) is 11.9 Å². The van der Waals surface area contributed by atoms with Crippen LogP contribution in [0.4, 0.5) is 11.5 Å². The highest BCUT2D eigenvalue weighted by molar-refractivity contribution is 9.10. The molecule has 3 heterocycles. The normalized spacial score (nSPS) is 16.6. The molecule has 1 amide bonds. The van der Waals surface area contributed by atoms with Crippen molar-refractivity contribution >= 4 is 44.4 Å². The molecular formula is C19H21BrN6O2. The maximum Gasteiger partial charge on any atom is 0.247 e. The van der Waals surface area contributed by atoms with Gasteiger partial charge in [0.25, 0.3) is 0 Å². The molecule has 1 unspecified atom stereocenters. The zero-order valence-corrected chi connectivity index (χ0v) is 17.5. The Labute approximate surface area is 171 Å². The molecule has 146 valence electrons. The number of fused-ring (bicyclic) bond motifs is 1. The Bertz CT molecular complexity index is 1050. The van der Waals surface area contributed by atoms with E-state index in [2.05, 4.69) is 36.3 Å². The van der Waals surface area contributed by atoms with Crippen LogP contribution in [0.1, 0.15) is 18.4 Å². The third-order valence-electron chi connectivity index (χ3n) is 5.00. The van der Waals surface area contributed by atoms with Crippen LogP contribution in [0.3, 0.4) is 0 Å². The molecule has 9 heteroatoms. The molecule has 1 fully saturated rings. The van der Waals surface area contributed by atoms with Gasteiger partial charge in [0, 0.05) is 13.6 Å². The fourth-order valence-electron chi connectivity index (χ4n) is 3.67. The van der Waals surface area contributed by atoms with Crippen molar-refractivity contribution < 1.29 is 9.53 Å². The number of aromatic nitrogens is 4. The number of halogens is 1. The molecule has 8 nitrogen and oxygen atoms in total. The molecule has 1 aliphatic rings. The highest BCUT2D eigenvalue weighted by Crippen LogP contribution is 2.34. The van der Waals surface area contributed by atoms with E-state index in [1.54, 1.807) is 11.8 Å². The number of anilines is 2. The molecule has 1 saturated heterocycles. The number of rotatable bonds is 4. The van der Waals surface area contributed by atoms with Crippen molar-refractivity contribution in [3.8, 4) is 5.75 Å². The molecule has 2 aromatic heterocycles. The minimum atomic E-state index is -0.324. The van der Waals surface area contributed by atoms with Crippen LogP contribution in [0.15, 0.2) is 29.1 Å². The van der Waals surface area contributed by atoms with Crippen LogP contribution in [0, 0.1) is 6.92 Å². The van der Waals surface area contributed by atoms with Gasteiger partial charge in [0.05, 0.1) is 18.2 Å². The van der Waals surface area contributed by atoms with E-state index in [4.69, 9.17) is 4.74 Å². The summed E-state index contributed by atoms with van der Waals surface area (Å²) in [5.74, 6) is 1.29. The molecule has 0 spiro atoms. The Morgan fingerprint density at radius 1 is 1.36 bits per heavy atom. The summed E-state index contributed by atoms with van der Waals surface area (Å²) in [4.78, 5) is 24.0. The molecule has 0 radical (unpaired) electrons. The van der Waals surface area contributed by atoms with Crippen molar-refractivity contribution in [3.05, 3.63) is 34.7 Å². The summed E-state index contributed by atoms with van der Waals surface area (Å²) in [6.07, 6.45) is 3.18. The van der Waals surface area contributed by atoms with Gasteiger partial charge in [-0.1, -0.05) is 6.07 Å². The van der Waals surface area contributed by atoms with Gasteiger partial charge in [0.2, 0.25) is 5.91 Å². The van der Waals surface area contributed by atoms with E-state index in [1.807, 2.05) is 37.1 Å². The summed E-state index contributed by atoms with van der Waals surface area (Å²) >= 11 is 3.50. The number of methoxy groups -OCH3 is 1. The van der Waals surface area contributed by atoms with Crippen LogP contribution in [-0.2, 0) is 11.8 Å². The first-order valence-electron chi connectivity index (χ1n) is 9.05. The average Bonchev–Trinajstić information content (AvgIpc) is 3.27. The maximum atomic E-state index is 13.1. The molecular weight excluding hydrogens is 424 g/mol. The van der Waals surface area contributed by atoms with Gasteiger partial charge in [-0.15, -0.1) is 0 Å². The van der Waals surface area contributed by atoms with Crippen molar-refractivity contribution in [2.45, 2.75) is 25.8 Å². The van der Waals surface area contributed by atoms with Gasteiger partial charge in [-0.3, -0.25) is 4.79 Å². The zero-order chi connectivity index (χ0) is 19.8. The summed E-state index contributed by atoms with van der Waals surface area (Å²) in [6, 6.07) is 5.40. The lowest BCUT2D eigenvalue weighted by Crippen LogP contribution is -2.40. The molecule has 0 saturated carbocycles. The summed E-state index contributed by atoms with van der Waals surface area (Å²) < 4.78 is 7.76. The topological polar surface area (TPSA) is 85.2 Å². The second-order valence-corrected chi connectivity index (χ2v) is 7.61. The first-order chi connectivity index (χ1) is 13.5. The first-order valence-corrected chi connectivity index (χ1v) is 9.84. The largest absolute Gasteiger partial charge is 0.495 e. The van der Waals surface area contributed by atoms with Crippen LogP contribution < -0.4 is 15.0 Å². The van der Waals surface area contributed by atoms with Crippen LogP contribution in [0.5, 0.6) is 5.75 Å². The number of ether oxygens (including phenoxy) is 1. The highest BCUT2D eigenvalue weighted by atomic mass is 79.9. The number of aryl methyl sites for hydroxylation is 2. The summed E-state index contributed by atoms with van der Waals surface area (Å²) in [6.45, 7) is 2.73. The van der Waals surface area contributed by atoms with Crippen LogP contribution in [0.2, 0.25) is 0 Å². The summed E-state index contributed by atoms with van der Waals surface area (Å²) in [5.41, 5.74) is 2.45. The Balaban J connectivity index is 1.66. The molecule has 3 aromatic rings. The van der Waals surface area contributed by atoms with Gasteiger partial charge in [-0.2, -0.15) is 5.10 Å². The predicted octanol–water partition coefficient (Wildman–Crippen LogP) is 3.05. The van der Waals surface area contributed by atoms with E-state index in [0.717, 1.165) is 41.8 Å². The van der Waals surface area contributed by atoms with Gasteiger partial charge in [-0.25, -0.2) is 14.6 Å². The molecule has 1 aromatic carbocycles. The molecule has 28 heavy (non-hydrogen) atoms. The molecule has 1 N–H and O–H groups in total. The van der Waals surface area contributed by atoms with E-state index in [1.165, 1.54) is 6.33 Å². The smallest absolute Gasteiger partial charge is 0.247 e. The van der Waals surface area contributed by atoms with Crippen molar-refractivity contribution in [2.24, 2.45) is 7.05 Å². The fourth-order valence-corrected chi connectivity index (χ4v) is 4.26. The van der Waals surface area contributed by atoms with Gasteiger partial charge in [0.15, 0.2) is 5.65 Å². The van der Waals surface area contributed by atoms with Gasteiger partial charge in [0.1, 0.15) is 28.5 Å². The maximum absolute atomic E-state index is 13.1. The Kier molecular flexibility index (Phi) is 4.92. The second kappa shape index (κ2) is 7.38. The predicted molar refractivity (Wildman–Crippen MR) is 111 cm³/mol. The van der Waals surface area contributed by atoms with Gasteiger partial charge >= 0.3 is 0 Å². The molecule has 1 atom stereocenters. The fraction of sp³-hybridized carbons (Fsp3) is 0.368. The van der Waals surface area contributed by atoms with E-state index in [0.29, 0.717) is 16.0 Å². The third kappa shape index (κ3) is 3.19. The number of amides is 1. The Morgan fingerprint density at radius 3 is 2.96 bits per heavy atom. The first kappa shape index (κ1) is 18.7. The van der Waals surface area contributed by atoms with Crippen molar-refractivity contribution in [1.29, 1.82) is 0 Å². The number of nitrogens with one attached hydrogen (secondary N) is 1. The van der Waals surface area contributed by atoms with Crippen molar-refractivity contribution in [1.82, 2.24) is 19.7 Å². The van der Waals surface area contributed by atoms with Crippen LogP contribution in [0.25, 0.3) is 11.0 Å². The number of carbonyl (C=O) groups is 1. The lowest BCUT2D eigenvalue weighted by molar-refractivity contribution is -0.117. The lowest BCUT2D eigenvalue weighted by Gasteiger charge is -2.25.